The molecule has 1 aromatic rings. The molecule has 0 unspecified atom stereocenters. The summed E-state index contributed by atoms with van der Waals surface area (Å²) in [6.07, 6.45) is 3.10. The molecule has 2 rings (SSSR count). The average Bonchev–Trinajstić information content (AvgIpc) is 2.49. The van der Waals surface area contributed by atoms with Gasteiger partial charge in [0.1, 0.15) is 5.78 Å². The van der Waals surface area contributed by atoms with Gasteiger partial charge in [0.2, 0.25) is 0 Å². The Balaban J connectivity index is 2.04. The van der Waals surface area contributed by atoms with Crippen LogP contribution in [0.5, 0.6) is 0 Å². The van der Waals surface area contributed by atoms with E-state index in [1.54, 1.807) is 0 Å². The van der Waals surface area contributed by atoms with Crippen molar-refractivity contribution in [1.82, 2.24) is 0 Å². The summed E-state index contributed by atoms with van der Waals surface area (Å²) in [5, 5.41) is 4.19. The Labute approximate surface area is 158 Å². The normalized spacial score (nSPS) is 16.8. The average molecular weight is 364 g/mol. The number of halogens is 1. The smallest absolute Gasteiger partial charge is 0.324 e. The van der Waals surface area contributed by atoms with E-state index in [0.717, 1.165) is 24.0 Å². The van der Waals surface area contributed by atoms with Crippen LogP contribution in [0.2, 0.25) is 11.8 Å². The number of ketones is 1. The summed E-state index contributed by atoms with van der Waals surface area (Å²) in [4.78, 5) is 11.4. The molecule has 3 nitrogen and oxygen atoms in total. The summed E-state index contributed by atoms with van der Waals surface area (Å²) in [5.41, 5.74) is 1.81. The Kier molecular flexibility index (Phi) is 6.27. The van der Waals surface area contributed by atoms with Crippen molar-refractivity contribution < 1.29 is 9.45 Å². The second-order valence-corrected chi connectivity index (χ2v) is 9.12. The first-order valence-corrected chi connectivity index (χ1v) is 9.63. The minimum atomic E-state index is -0.246. The van der Waals surface area contributed by atoms with E-state index in [2.05, 4.69) is 52.8 Å². The Bertz CT molecular complexity index is 615. The molecule has 0 atom stereocenters. The van der Waals surface area contributed by atoms with Gasteiger partial charge in [-0.15, -0.1) is 0 Å². The highest BCUT2D eigenvalue weighted by molar-refractivity contribution is 6.66. The van der Waals surface area contributed by atoms with E-state index in [1.807, 2.05) is 12.1 Å². The van der Waals surface area contributed by atoms with Gasteiger partial charge < -0.3 is 9.97 Å². The highest BCUT2D eigenvalue weighted by Crippen LogP contribution is 2.33. The molecule has 25 heavy (non-hydrogen) atoms. The number of carbonyl (C=O) groups is 1. The van der Waals surface area contributed by atoms with E-state index in [9.17, 15) is 4.79 Å². The first kappa shape index (κ1) is 20.3. The van der Waals surface area contributed by atoms with Crippen LogP contribution in [0.15, 0.2) is 18.2 Å². The molecule has 138 valence electrons. The molecule has 0 heterocycles. The summed E-state index contributed by atoms with van der Waals surface area (Å²) in [7, 11) is 0. The number of carbonyl (C=O) groups excluding carboxylic acids is 1. The third-order valence-electron chi connectivity index (χ3n) is 5.64. The molecule has 1 aliphatic carbocycles. The molecule has 5 heteroatoms. The Morgan fingerprint density at radius 2 is 1.76 bits per heavy atom. The van der Waals surface area contributed by atoms with Crippen LogP contribution in [0.4, 0.5) is 5.69 Å². The Morgan fingerprint density at radius 1 is 1.16 bits per heavy atom. The minimum Gasteiger partial charge on any atom is -0.426 e. The van der Waals surface area contributed by atoms with Crippen molar-refractivity contribution >= 4 is 35.4 Å². The molecule has 0 bridgehead atoms. The minimum absolute atomic E-state index is 0.0342. The number of benzene rings is 1. The van der Waals surface area contributed by atoms with Crippen LogP contribution in [0.3, 0.4) is 0 Å². The van der Waals surface area contributed by atoms with E-state index in [1.165, 1.54) is 0 Å². The molecule has 1 N–H and O–H groups in total. The van der Waals surface area contributed by atoms with Gasteiger partial charge in [-0.3, -0.25) is 4.79 Å². The molecule has 0 spiro atoms. The van der Waals surface area contributed by atoms with Crippen molar-refractivity contribution in [2.45, 2.75) is 78.8 Å². The van der Waals surface area contributed by atoms with E-state index in [0.29, 0.717) is 29.7 Å². The molecule has 1 aliphatic rings. The lowest BCUT2D eigenvalue weighted by Crippen LogP contribution is -2.46. The molecule has 1 fully saturated rings. The first-order valence-electron chi connectivity index (χ1n) is 9.25. The van der Waals surface area contributed by atoms with Gasteiger partial charge in [-0.1, -0.05) is 45.3 Å². The second kappa shape index (κ2) is 7.71. The third kappa shape index (κ3) is 5.24. The van der Waals surface area contributed by atoms with Gasteiger partial charge in [-0.25, -0.2) is 0 Å². The molecule has 1 aromatic carbocycles. The molecule has 0 aromatic heterocycles. The lowest BCUT2D eigenvalue weighted by Gasteiger charge is -2.40. The predicted molar refractivity (Wildman–Crippen MR) is 108 cm³/mol. The number of anilines is 1. The highest BCUT2D eigenvalue weighted by Gasteiger charge is 2.36. The van der Waals surface area contributed by atoms with Crippen LogP contribution in [-0.2, 0) is 9.45 Å². The van der Waals surface area contributed by atoms with Crippen molar-refractivity contribution in [3.05, 3.63) is 23.2 Å². The lowest BCUT2D eigenvalue weighted by atomic mass is 9.62. The van der Waals surface area contributed by atoms with Crippen LogP contribution in [0, 0.1) is 5.41 Å². The monoisotopic (exact) mass is 363 g/mol. The molecule has 0 aliphatic heterocycles. The van der Waals surface area contributed by atoms with E-state index in [-0.39, 0.29) is 17.9 Å². The summed E-state index contributed by atoms with van der Waals surface area (Å²) in [6, 6.07) is 6.42. The molecule has 0 radical (unpaired) electrons. The maximum Gasteiger partial charge on any atom is 0.324 e. The quantitative estimate of drug-likeness (QED) is 0.753. The standard InChI is InChI=1S/C20H31BClNO2/c1-19(2,3)20(4,5)25-21(6)14-7-12-18(17(22)13-14)23-15-8-10-16(24)11-9-15/h7,12-13,15,23H,8-11H2,1-6H3. The number of Topliss-reactive ketones (excluding diaryl/α,β-unsaturated/α-hetero) is 1. The maximum atomic E-state index is 11.4. The van der Waals surface area contributed by atoms with Crippen molar-refractivity contribution in [3.8, 4) is 0 Å². The highest BCUT2D eigenvalue weighted by atomic mass is 35.5. The van der Waals surface area contributed by atoms with Crippen LogP contribution in [0.1, 0.15) is 60.3 Å². The summed E-state index contributed by atoms with van der Waals surface area (Å²) in [5.74, 6) is 0.368. The molecule has 0 saturated heterocycles. The Morgan fingerprint density at radius 3 is 2.28 bits per heavy atom. The van der Waals surface area contributed by atoms with Crippen molar-refractivity contribution in [2.24, 2.45) is 5.41 Å². The molecule has 1 saturated carbocycles. The summed E-state index contributed by atoms with van der Waals surface area (Å²) >= 11 is 6.50. The van der Waals surface area contributed by atoms with Gasteiger partial charge in [0.25, 0.3) is 0 Å². The fourth-order valence-corrected chi connectivity index (χ4v) is 3.14. The Hall–Kier alpha value is -0.995. The fraction of sp³-hybridized carbons (Fsp3) is 0.650. The number of hydrogen-bond acceptors (Lipinski definition) is 3. The number of nitrogens with one attached hydrogen (secondary N) is 1. The topological polar surface area (TPSA) is 38.3 Å². The van der Waals surface area contributed by atoms with E-state index >= 15 is 0 Å². The van der Waals surface area contributed by atoms with E-state index < -0.39 is 0 Å². The van der Waals surface area contributed by atoms with Crippen LogP contribution >= 0.6 is 11.6 Å². The van der Waals surface area contributed by atoms with Gasteiger partial charge >= 0.3 is 6.92 Å². The zero-order valence-corrected chi connectivity index (χ0v) is 17.2. The van der Waals surface area contributed by atoms with Gasteiger partial charge in [0.05, 0.1) is 16.3 Å². The van der Waals surface area contributed by atoms with Gasteiger partial charge in [0, 0.05) is 18.9 Å². The predicted octanol–water partition coefficient (Wildman–Crippen LogP) is 4.93. The maximum absolute atomic E-state index is 11.4. The van der Waals surface area contributed by atoms with Gasteiger partial charge in [0.15, 0.2) is 0 Å². The largest absolute Gasteiger partial charge is 0.426 e. The number of hydrogen-bond donors (Lipinski definition) is 1. The number of rotatable bonds is 5. The van der Waals surface area contributed by atoms with Gasteiger partial charge in [-0.05, 0) is 49.7 Å². The van der Waals surface area contributed by atoms with Crippen LogP contribution < -0.4 is 10.8 Å². The van der Waals surface area contributed by atoms with Crippen LogP contribution in [0.25, 0.3) is 0 Å². The third-order valence-corrected chi connectivity index (χ3v) is 5.96. The van der Waals surface area contributed by atoms with Crippen LogP contribution in [-0.4, -0.2) is 24.3 Å². The molecular weight excluding hydrogens is 332 g/mol. The lowest BCUT2D eigenvalue weighted by molar-refractivity contribution is -0.120. The summed E-state index contributed by atoms with van der Waals surface area (Å²) in [6.45, 7) is 12.9. The second-order valence-electron chi connectivity index (χ2n) is 8.72. The first-order chi connectivity index (χ1) is 11.5. The fourth-order valence-electron chi connectivity index (χ4n) is 2.89. The van der Waals surface area contributed by atoms with Crippen molar-refractivity contribution in [3.63, 3.8) is 0 Å². The van der Waals surface area contributed by atoms with Crippen molar-refractivity contribution in [1.29, 1.82) is 0 Å². The molecular formula is C20H31BClNO2. The SMILES string of the molecule is CB(OC(C)(C)C(C)(C)C)c1ccc(NC2CCC(=O)CC2)c(Cl)c1. The van der Waals surface area contributed by atoms with Gasteiger partial charge in [-0.2, -0.15) is 0 Å². The van der Waals surface area contributed by atoms with Crippen molar-refractivity contribution in [2.75, 3.05) is 5.32 Å². The molecule has 0 amide bonds. The zero-order valence-electron chi connectivity index (χ0n) is 16.4. The zero-order chi connectivity index (χ0) is 18.8. The van der Waals surface area contributed by atoms with E-state index in [4.69, 9.17) is 16.3 Å². The summed E-state index contributed by atoms with van der Waals surface area (Å²) < 4.78 is 6.33.